The van der Waals surface area contributed by atoms with Gasteiger partial charge in [-0.1, -0.05) is 0 Å². The van der Waals surface area contributed by atoms with Crippen LogP contribution in [0.2, 0.25) is 0 Å². The molecule has 0 aliphatic carbocycles. The molecule has 0 aromatic heterocycles. The summed E-state index contributed by atoms with van der Waals surface area (Å²) in [6, 6.07) is 3.17. The van der Waals surface area contributed by atoms with Crippen molar-refractivity contribution in [2.45, 2.75) is 12.8 Å². The number of non-ortho nitro benzene ring substituents is 1. The summed E-state index contributed by atoms with van der Waals surface area (Å²) in [6.07, 6.45) is -2.71. The molecule has 1 aromatic carbocycles. The number of rotatable bonds is 6. The van der Waals surface area contributed by atoms with Crippen LogP contribution in [0.3, 0.4) is 0 Å². The normalized spacial score (nSPS) is 10.3. The topological polar surface area (TPSA) is 84.3 Å². The summed E-state index contributed by atoms with van der Waals surface area (Å²) in [6.45, 7) is 0.164. The number of carbonyl (C=O) groups excluding carboxylic acids is 1. The fraction of sp³-hybridized carbons (Fsp3) is 0.364. The van der Waals surface area contributed by atoms with E-state index in [2.05, 4.69) is 10.6 Å². The zero-order valence-corrected chi connectivity index (χ0v) is 10.2. The van der Waals surface area contributed by atoms with Crippen molar-refractivity contribution in [2.24, 2.45) is 0 Å². The summed E-state index contributed by atoms with van der Waals surface area (Å²) in [4.78, 5) is 20.8. The number of benzene rings is 1. The number of hydrogen-bond acceptors (Lipinski definition) is 4. The summed E-state index contributed by atoms with van der Waals surface area (Å²) in [5, 5.41) is 15.6. The second kappa shape index (κ2) is 6.62. The van der Waals surface area contributed by atoms with Gasteiger partial charge in [0.2, 0.25) is 5.91 Å². The van der Waals surface area contributed by atoms with Gasteiger partial charge in [0.05, 0.1) is 4.92 Å². The highest BCUT2D eigenvalue weighted by Gasteiger charge is 2.17. The van der Waals surface area contributed by atoms with Crippen LogP contribution in [0, 0.1) is 10.1 Å². The standard InChI is InChI=1S/C11H13F2N3O3/c1-14-10(17)4-5-15-9-3-2-7(16(18)19)6-8(9)11(12)13/h2-3,6,11,15H,4-5H2,1H3,(H,14,17). The smallest absolute Gasteiger partial charge is 0.270 e. The Hall–Kier alpha value is -2.25. The lowest BCUT2D eigenvalue weighted by atomic mass is 10.1. The van der Waals surface area contributed by atoms with Crippen LogP contribution in [0.1, 0.15) is 18.4 Å². The molecule has 1 aromatic rings. The second-order valence-corrected chi connectivity index (χ2v) is 3.68. The second-order valence-electron chi connectivity index (χ2n) is 3.68. The van der Waals surface area contributed by atoms with E-state index in [0.717, 1.165) is 12.1 Å². The van der Waals surface area contributed by atoms with Gasteiger partial charge in [-0.2, -0.15) is 0 Å². The first-order chi connectivity index (χ1) is 8.95. The highest BCUT2D eigenvalue weighted by Crippen LogP contribution is 2.30. The minimum atomic E-state index is -2.83. The largest absolute Gasteiger partial charge is 0.384 e. The van der Waals surface area contributed by atoms with Crippen LogP contribution in [0.15, 0.2) is 18.2 Å². The van der Waals surface area contributed by atoms with Crippen molar-refractivity contribution in [3.63, 3.8) is 0 Å². The molecule has 0 saturated carbocycles. The zero-order valence-electron chi connectivity index (χ0n) is 10.2. The lowest BCUT2D eigenvalue weighted by molar-refractivity contribution is -0.385. The fourth-order valence-electron chi connectivity index (χ4n) is 1.44. The zero-order chi connectivity index (χ0) is 14.4. The molecule has 19 heavy (non-hydrogen) atoms. The Labute approximate surface area is 108 Å². The minimum absolute atomic E-state index is 0.0875. The number of nitrogens with one attached hydrogen (secondary N) is 2. The number of nitro groups is 1. The first kappa shape index (κ1) is 14.8. The average molecular weight is 273 g/mol. The Morgan fingerprint density at radius 3 is 2.68 bits per heavy atom. The first-order valence-corrected chi connectivity index (χ1v) is 5.46. The van der Waals surface area contributed by atoms with Gasteiger partial charge < -0.3 is 10.6 Å². The van der Waals surface area contributed by atoms with Crippen LogP contribution in [0.4, 0.5) is 20.2 Å². The molecule has 0 saturated heterocycles. The third-order valence-corrected chi connectivity index (χ3v) is 2.43. The van der Waals surface area contributed by atoms with E-state index in [1.54, 1.807) is 0 Å². The number of nitrogens with zero attached hydrogens (tertiary/aromatic N) is 1. The molecule has 8 heteroatoms. The van der Waals surface area contributed by atoms with E-state index in [-0.39, 0.29) is 24.6 Å². The van der Waals surface area contributed by atoms with E-state index in [0.29, 0.717) is 0 Å². The summed E-state index contributed by atoms with van der Waals surface area (Å²) >= 11 is 0. The van der Waals surface area contributed by atoms with Gasteiger partial charge in [-0.05, 0) is 6.07 Å². The molecule has 1 rings (SSSR count). The van der Waals surface area contributed by atoms with Crippen LogP contribution < -0.4 is 10.6 Å². The van der Waals surface area contributed by atoms with E-state index < -0.39 is 22.6 Å². The molecule has 0 aliphatic rings. The number of amides is 1. The van der Waals surface area contributed by atoms with Crippen molar-refractivity contribution < 1.29 is 18.5 Å². The molecule has 0 bridgehead atoms. The Bertz CT molecular complexity index is 480. The van der Waals surface area contributed by atoms with Crippen molar-refractivity contribution in [1.82, 2.24) is 5.32 Å². The molecule has 2 N–H and O–H groups in total. The highest BCUT2D eigenvalue weighted by molar-refractivity contribution is 5.76. The Morgan fingerprint density at radius 2 is 2.16 bits per heavy atom. The minimum Gasteiger partial charge on any atom is -0.384 e. The van der Waals surface area contributed by atoms with Gasteiger partial charge in [-0.15, -0.1) is 0 Å². The average Bonchev–Trinajstić information content (AvgIpc) is 2.38. The van der Waals surface area contributed by atoms with Gasteiger partial charge in [0.1, 0.15) is 0 Å². The SMILES string of the molecule is CNC(=O)CCNc1ccc([N+](=O)[O-])cc1C(F)F. The van der Waals surface area contributed by atoms with Crippen LogP contribution in [-0.4, -0.2) is 24.4 Å². The van der Waals surface area contributed by atoms with Crippen molar-refractivity contribution in [2.75, 3.05) is 18.9 Å². The predicted octanol–water partition coefficient (Wildman–Crippen LogP) is 2.08. The maximum atomic E-state index is 12.8. The molecule has 0 heterocycles. The van der Waals surface area contributed by atoms with Crippen molar-refractivity contribution in [1.29, 1.82) is 0 Å². The van der Waals surface area contributed by atoms with E-state index in [1.165, 1.54) is 13.1 Å². The van der Waals surface area contributed by atoms with E-state index in [9.17, 15) is 23.7 Å². The van der Waals surface area contributed by atoms with Gasteiger partial charge in [0.25, 0.3) is 12.1 Å². The first-order valence-electron chi connectivity index (χ1n) is 5.46. The Kier molecular flexibility index (Phi) is 5.16. The van der Waals surface area contributed by atoms with Gasteiger partial charge in [-0.3, -0.25) is 14.9 Å². The van der Waals surface area contributed by atoms with Gasteiger partial charge in [-0.25, -0.2) is 8.78 Å². The van der Waals surface area contributed by atoms with Crippen LogP contribution in [-0.2, 0) is 4.79 Å². The van der Waals surface area contributed by atoms with Crippen molar-refractivity contribution in [3.05, 3.63) is 33.9 Å². The summed E-state index contributed by atoms with van der Waals surface area (Å²) < 4.78 is 25.6. The molecule has 1 amide bonds. The Morgan fingerprint density at radius 1 is 1.47 bits per heavy atom. The number of hydrogen-bond donors (Lipinski definition) is 2. The number of carbonyl (C=O) groups is 1. The van der Waals surface area contributed by atoms with Gasteiger partial charge in [0, 0.05) is 43.4 Å². The lowest BCUT2D eigenvalue weighted by Crippen LogP contribution is -2.21. The summed E-state index contributed by atoms with van der Waals surface area (Å²) in [7, 11) is 1.47. The monoisotopic (exact) mass is 273 g/mol. The highest BCUT2D eigenvalue weighted by atomic mass is 19.3. The van der Waals surface area contributed by atoms with E-state index >= 15 is 0 Å². The predicted molar refractivity (Wildman–Crippen MR) is 65.2 cm³/mol. The molecular formula is C11H13F2N3O3. The molecule has 0 aliphatic heterocycles. The molecule has 0 atom stereocenters. The summed E-state index contributed by atoms with van der Waals surface area (Å²) in [5.41, 5.74) is -0.761. The maximum absolute atomic E-state index is 12.8. The molecule has 0 unspecified atom stereocenters. The van der Waals surface area contributed by atoms with E-state index in [1.807, 2.05) is 0 Å². The summed E-state index contributed by atoms with van der Waals surface area (Å²) in [5.74, 6) is -0.229. The molecule has 6 nitrogen and oxygen atoms in total. The third-order valence-electron chi connectivity index (χ3n) is 2.43. The van der Waals surface area contributed by atoms with E-state index in [4.69, 9.17) is 0 Å². The molecular weight excluding hydrogens is 260 g/mol. The van der Waals surface area contributed by atoms with Gasteiger partial charge in [0.15, 0.2) is 0 Å². The number of nitro benzene ring substituents is 1. The number of alkyl halides is 2. The number of anilines is 1. The fourth-order valence-corrected chi connectivity index (χ4v) is 1.44. The quantitative estimate of drug-likeness (QED) is 0.614. The molecule has 0 fully saturated rings. The molecule has 0 spiro atoms. The van der Waals surface area contributed by atoms with Crippen molar-refractivity contribution in [3.8, 4) is 0 Å². The third kappa shape index (κ3) is 4.16. The lowest BCUT2D eigenvalue weighted by Gasteiger charge is -2.11. The number of halogens is 2. The van der Waals surface area contributed by atoms with Crippen LogP contribution in [0.25, 0.3) is 0 Å². The van der Waals surface area contributed by atoms with Gasteiger partial charge >= 0.3 is 0 Å². The Balaban J connectivity index is 2.82. The molecule has 0 radical (unpaired) electrons. The molecule has 104 valence electrons. The van der Waals surface area contributed by atoms with Crippen LogP contribution >= 0.6 is 0 Å². The van der Waals surface area contributed by atoms with Crippen LogP contribution in [0.5, 0.6) is 0 Å². The van der Waals surface area contributed by atoms with Crippen molar-refractivity contribution >= 4 is 17.3 Å². The maximum Gasteiger partial charge on any atom is 0.270 e.